The molecule has 0 saturated carbocycles. The zero-order valence-corrected chi connectivity index (χ0v) is 8.93. The molecule has 1 atom stereocenters. The van der Waals surface area contributed by atoms with E-state index in [2.05, 4.69) is 17.2 Å². The van der Waals surface area contributed by atoms with Gasteiger partial charge in [-0.1, -0.05) is 13.3 Å². The topological polar surface area (TPSA) is 68.1 Å². The third kappa shape index (κ3) is 3.19. The zero-order chi connectivity index (χ0) is 11.3. The number of aromatic nitrogens is 1. The number of anilines is 1. The smallest absolute Gasteiger partial charge is 0.310 e. The Kier molecular flexibility index (Phi) is 4.03. The van der Waals surface area contributed by atoms with Gasteiger partial charge in [-0.05, 0) is 19.4 Å². The number of nitrogens with one attached hydrogen (secondary N) is 1. The average molecular weight is 209 g/mol. The maximum Gasteiger partial charge on any atom is 0.310 e. The SMILES string of the molecule is CCCC(C)Nc1ccncc1[N+](=O)[O-]. The first kappa shape index (κ1) is 11.4. The number of nitrogens with zero attached hydrogens (tertiary/aromatic N) is 2. The Hall–Kier alpha value is -1.65. The summed E-state index contributed by atoms with van der Waals surface area (Å²) in [5, 5.41) is 13.8. The van der Waals surface area contributed by atoms with Crippen molar-refractivity contribution < 1.29 is 4.92 Å². The van der Waals surface area contributed by atoms with Crippen LogP contribution in [0.5, 0.6) is 0 Å². The predicted octanol–water partition coefficient (Wildman–Crippen LogP) is 2.59. The van der Waals surface area contributed by atoms with Gasteiger partial charge in [-0.3, -0.25) is 15.1 Å². The van der Waals surface area contributed by atoms with Crippen LogP contribution in [0.25, 0.3) is 0 Å². The van der Waals surface area contributed by atoms with Crippen molar-refractivity contribution in [3.63, 3.8) is 0 Å². The summed E-state index contributed by atoms with van der Waals surface area (Å²) in [7, 11) is 0. The molecule has 0 radical (unpaired) electrons. The minimum absolute atomic E-state index is 0.0282. The molecule has 1 unspecified atom stereocenters. The molecule has 0 spiro atoms. The molecule has 0 fully saturated rings. The minimum atomic E-state index is -0.423. The van der Waals surface area contributed by atoms with Gasteiger partial charge in [0, 0.05) is 12.2 Å². The lowest BCUT2D eigenvalue weighted by molar-refractivity contribution is -0.384. The van der Waals surface area contributed by atoms with Crippen molar-refractivity contribution in [3.05, 3.63) is 28.6 Å². The second kappa shape index (κ2) is 5.29. The van der Waals surface area contributed by atoms with E-state index < -0.39 is 4.92 Å². The second-order valence-electron chi connectivity index (χ2n) is 3.48. The highest BCUT2D eigenvalue weighted by Gasteiger charge is 2.14. The molecule has 0 aliphatic heterocycles. The van der Waals surface area contributed by atoms with E-state index in [1.807, 2.05) is 6.92 Å². The summed E-state index contributed by atoms with van der Waals surface area (Å²) < 4.78 is 0. The summed E-state index contributed by atoms with van der Waals surface area (Å²) in [4.78, 5) is 14.0. The lowest BCUT2D eigenvalue weighted by atomic mass is 10.2. The molecule has 0 aliphatic carbocycles. The van der Waals surface area contributed by atoms with Crippen LogP contribution in [0.4, 0.5) is 11.4 Å². The van der Waals surface area contributed by atoms with Crippen molar-refractivity contribution in [2.75, 3.05) is 5.32 Å². The molecule has 0 saturated heterocycles. The number of hydrogen-bond donors (Lipinski definition) is 1. The first-order chi connectivity index (χ1) is 7.15. The van der Waals surface area contributed by atoms with E-state index in [0.29, 0.717) is 5.69 Å². The van der Waals surface area contributed by atoms with Gasteiger partial charge in [0.25, 0.3) is 0 Å². The van der Waals surface area contributed by atoms with Gasteiger partial charge in [0.1, 0.15) is 11.9 Å². The molecule has 1 heterocycles. The second-order valence-corrected chi connectivity index (χ2v) is 3.48. The fraction of sp³-hybridized carbons (Fsp3) is 0.500. The lowest BCUT2D eigenvalue weighted by Gasteiger charge is -2.13. The van der Waals surface area contributed by atoms with Gasteiger partial charge in [0.2, 0.25) is 0 Å². The van der Waals surface area contributed by atoms with E-state index in [1.54, 1.807) is 12.3 Å². The highest BCUT2D eigenvalue weighted by atomic mass is 16.6. The monoisotopic (exact) mass is 209 g/mol. The lowest BCUT2D eigenvalue weighted by Crippen LogP contribution is -2.15. The minimum Gasteiger partial charge on any atom is -0.377 e. The van der Waals surface area contributed by atoms with Gasteiger partial charge in [-0.25, -0.2) is 0 Å². The molecule has 0 amide bonds. The first-order valence-electron chi connectivity index (χ1n) is 5.00. The maximum atomic E-state index is 10.7. The van der Waals surface area contributed by atoms with E-state index in [-0.39, 0.29) is 11.7 Å². The van der Waals surface area contributed by atoms with Crippen LogP contribution >= 0.6 is 0 Å². The fourth-order valence-corrected chi connectivity index (χ4v) is 1.42. The van der Waals surface area contributed by atoms with E-state index in [0.717, 1.165) is 12.8 Å². The van der Waals surface area contributed by atoms with E-state index >= 15 is 0 Å². The molecule has 1 rings (SSSR count). The van der Waals surface area contributed by atoms with Gasteiger partial charge in [0.05, 0.1) is 4.92 Å². The molecule has 1 aromatic rings. The summed E-state index contributed by atoms with van der Waals surface area (Å²) in [6.45, 7) is 4.09. The van der Waals surface area contributed by atoms with Gasteiger partial charge in [-0.2, -0.15) is 0 Å². The molecule has 5 heteroatoms. The molecule has 0 aromatic carbocycles. The molecule has 0 aliphatic rings. The van der Waals surface area contributed by atoms with Crippen molar-refractivity contribution in [3.8, 4) is 0 Å². The van der Waals surface area contributed by atoms with Crippen molar-refractivity contribution in [1.29, 1.82) is 0 Å². The van der Waals surface area contributed by atoms with Crippen molar-refractivity contribution in [1.82, 2.24) is 4.98 Å². The zero-order valence-electron chi connectivity index (χ0n) is 8.93. The van der Waals surface area contributed by atoms with Crippen LogP contribution in [0.2, 0.25) is 0 Å². The van der Waals surface area contributed by atoms with Crippen LogP contribution in [0.15, 0.2) is 18.5 Å². The standard InChI is InChI=1S/C10H15N3O2/c1-3-4-8(2)12-9-5-6-11-7-10(9)13(14)15/h5-8H,3-4H2,1-2H3,(H,11,12). The third-order valence-electron chi connectivity index (χ3n) is 2.12. The summed E-state index contributed by atoms with van der Waals surface area (Å²) in [6.07, 6.45) is 4.85. The molecule has 1 aromatic heterocycles. The molecule has 82 valence electrons. The molecule has 1 N–H and O–H groups in total. The van der Waals surface area contributed by atoms with Crippen LogP contribution in [0.1, 0.15) is 26.7 Å². The van der Waals surface area contributed by atoms with Crippen molar-refractivity contribution in [2.24, 2.45) is 0 Å². The number of nitro groups is 1. The largest absolute Gasteiger partial charge is 0.377 e. The highest BCUT2D eigenvalue weighted by Crippen LogP contribution is 2.23. The molecule has 0 bridgehead atoms. The van der Waals surface area contributed by atoms with Crippen LogP contribution in [-0.2, 0) is 0 Å². The van der Waals surface area contributed by atoms with Gasteiger partial charge < -0.3 is 5.32 Å². The van der Waals surface area contributed by atoms with Crippen LogP contribution in [-0.4, -0.2) is 15.9 Å². The van der Waals surface area contributed by atoms with Gasteiger partial charge in [0.15, 0.2) is 0 Å². The summed E-state index contributed by atoms with van der Waals surface area (Å²) in [6, 6.07) is 1.86. The molecule has 5 nitrogen and oxygen atoms in total. The van der Waals surface area contributed by atoms with E-state index in [1.165, 1.54) is 6.20 Å². The number of pyridine rings is 1. The Labute approximate surface area is 88.7 Å². The van der Waals surface area contributed by atoms with Crippen molar-refractivity contribution in [2.45, 2.75) is 32.7 Å². The van der Waals surface area contributed by atoms with Crippen molar-refractivity contribution >= 4 is 11.4 Å². The highest BCUT2D eigenvalue weighted by molar-refractivity contribution is 5.59. The fourth-order valence-electron chi connectivity index (χ4n) is 1.42. The molecular formula is C10H15N3O2. The number of hydrogen-bond acceptors (Lipinski definition) is 4. The Morgan fingerprint density at radius 2 is 2.40 bits per heavy atom. The summed E-state index contributed by atoms with van der Waals surface area (Å²) >= 11 is 0. The predicted molar refractivity (Wildman–Crippen MR) is 58.9 cm³/mol. The Morgan fingerprint density at radius 1 is 1.67 bits per heavy atom. The Bertz CT molecular complexity index is 341. The number of rotatable bonds is 5. The van der Waals surface area contributed by atoms with Crippen LogP contribution in [0.3, 0.4) is 0 Å². The van der Waals surface area contributed by atoms with E-state index in [4.69, 9.17) is 0 Å². The molecule has 15 heavy (non-hydrogen) atoms. The maximum absolute atomic E-state index is 10.7. The third-order valence-corrected chi connectivity index (χ3v) is 2.12. The summed E-state index contributed by atoms with van der Waals surface area (Å²) in [5.74, 6) is 0. The van der Waals surface area contributed by atoms with Gasteiger partial charge >= 0.3 is 5.69 Å². The van der Waals surface area contributed by atoms with E-state index in [9.17, 15) is 10.1 Å². The van der Waals surface area contributed by atoms with Gasteiger partial charge in [-0.15, -0.1) is 0 Å². The first-order valence-corrected chi connectivity index (χ1v) is 5.00. The average Bonchev–Trinajstić information content (AvgIpc) is 2.18. The Morgan fingerprint density at radius 3 is 3.00 bits per heavy atom. The molecular weight excluding hydrogens is 194 g/mol. The van der Waals surface area contributed by atoms with Crippen LogP contribution in [0, 0.1) is 10.1 Å². The quantitative estimate of drug-likeness (QED) is 0.597. The summed E-state index contributed by atoms with van der Waals surface area (Å²) in [5.41, 5.74) is 0.566. The Balaban J connectivity index is 2.79. The van der Waals surface area contributed by atoms with Crippen LogP contribution < -0.4 is 5.32 Å². The normalized spacial score (nSPS) is 12.1.